The number of fused-ring (bicyclic) bond motifs is 1. The van der Waals surface area contributed by atoms with E-state index in [1.165, 1.54) is 37.1 Å². The Morgan fingerprint density at radius 2 is 2.05 bits per heavy atom. The maximum atomic E-state index is 3.57. The second-order valence-corrected chi connectivity index (χ2v) is 7.16. The van der Waals surface area contributed by atoms with Crippen molar-refractivity contribution in [3.05, 3.63) is 29.8 Å². The highest BCUT2D eigenvalue weighted by molar-refractivity contribution is 5.55. The third-order valence-corrected chi connectivity index (χ3v) is 4.66. The summed E-state index contributed by atoms with van der Waals surface area (Å²) < 4.78 is 0. The molecule has 0 spiro atoms. The molecule has 0 saturated carbocycles. The van der Waals surface area contributed by atoms with E-state index in [4.69, 9.17) is 0 Å². The number of nitrogens with zero attached hydrogens (tertiary/aromatic N) is 1. The van der Waals surface area contributed by atoms with Crippen molar-refractivity contribution in [3.8, 4) is 0 Å². The van der Waals surface area contributed by atoms with Crippen molar-refractivity contribution >= 4 is 5.69 Å². The lowest BCUT2D eigenvalue weighted by molar-refractivity contribution is 0.276. The maximum Gasteiger partial charge on any atom is 0.0399 e. The predicted octanol–water partition coefficient (Wildman–Crippen LogP) is 4.10. The Kier molecular flexibility index (Phi) is 5.69. The van der Waals surface area contributed by atoms with Gasteiger partial charge in [-0.25, -0.2) is 0 Å². The fourth-order valence-corrected chi connectivity index (χ4v) is 3.77. The Labute approximate surface area is 130 Å². The maximum absolute atomic E-state index is 3.57. The molecule has 0 aromatic heterocycles. The number of para-hydroxylation sites is 1. The molecule has 1 aliphatic heterocycles. The zero-order chi connectivity index (χ0) is 15.3. The average Bonchev–Trinajstić information content (AvgIpc) is 2.45. The van der Waals surface area contributed by atoms with Crippen LogP contribution in [0, 0.1) is 11.3 Å². The zero-order valence-corrected chi connectivity index (χ0v) is 14.3. The molecule has 1 aliphatic rings. The Balaban J connectivity index is 2.16. The van der Waals surface area contributed by atoms with Crippen molar-refractivity contribution in [2.75, 3.05) is 31.1 Å². The molecule has 0 amide bonds. The summed E-state index contributed by atoms with van der Waals surface area (Å²) in [5.74, 6) is 0.755. The molecule has 2 nitrogen and oxygen atoms in total. The minimum atomic E-state index is 0.356. The van der Waals surface area contributed by atoms with Gasteiger partial charge in [0.05, 0.1) is 0 Å². The molecule has 2 heteroatoms. The molecule has 1 N–H and O–H groups in total. The zero-order valence-electron chi connectivity index (χ0n) is 14.3. The van der Waals surface area contributed by atoms with Crippen LogP contribution >= 0.6 is 0 Å². The smallest absolute Gasteiger partial charge is 0.0399 e. The van der Waals surface area contributed by atoms with Crippen molar-refractivity contribution in [3.63, 3.8) is 0 Å². The van der Waals surface area contributed by atoms with Gasteiger partial charge >= 0.3 is 0 Å². The van der Waals surface area contributed by atoms with Crippen LogP contribution in [0.25, 0.3) is 0 Å². The summed E-state index contributed by atoms with van der Waals surface area (Å²) in [5.41, 5.74) is 3.35. The summed E-state index contributed by atoms with van der Waals surface area (Å²) >= 11 is 0. The van der Waals surface area contributed by atoms with Crippen LogP contribution in [0.2, 0.25) is 0 Å². The highest BCUT2D eigenvalue weighted by Crippen LogP contribution is 2.33. The summed E-state index contributed by atoms with van der Waals surface area (Å²) in [4.78, 5) is 2.64. The fraction of sp³-hybridized carbons (Fsp3) is 0.684. The first-order valence-electron chi connectivity index (χ1n) is 8.61. The average molecular weight is 288 g/mol. The van der Waals surface area contributed by atoms with E-state index >= 15 is 0 Å². The highest BCUT2D eigenvalue weighted by Gasteiger charge is 2.29. The lowest BCUT2D eigenvalue weighted by Crippen LogP contribution is -2.45. The van der Waals surface area contributed by atoms with E-state index in [-0.39, 0.29) is 0 Å². The van der Waals surface area contributed by atoms with E-state index in [0.717, 1.165) is 25.6 Å². The highest BCUT2D eigenvalue weighted by atomic mass is 15.2. The van der Waals surface area contributed by atoms with Gasteiger partial charge in [-0.1, -0.05) is 52.3 Å². The van der Waals surface area contributed by atoms with Gasteiger partial charge < -0.3 is 10.2 Å². The minimum absolute atomic E-state index is 0.356. The SMILES string of the molecule is CCCC(C)(CNCC)CN1CC(C)Cc2ccccc21. The molecule has 118 valence electrons. The monoisotopic (exact) mass is 288 g/mol. The Morgan fingerprint density at radius 1 is 1.29 bits per heavy atom. The molecule has 0 bridgehead atoms. The first-order chi connectivity index (χ1) is 10.1. The van der Waals surface area contributed by atoms with Gasteiger partial charge in [0, 0.05) is 25.3 Å². The standard InChI is InChI=1S/C19H32N2/c1-5-11-19(4,14-20-6-2)15-21-13-16(3)12-17-9-7-8-10-18(17)21/h7-10,16,20H,5-6,11-15H2,1-4H3. The second-order valence-electron chi connectivity index (χ2n) is 7.16. The molecule has 2 rings (SSSR count). The van der Waals surface area contributed by atoms with E-state index < -0.39 is 0 Å². The molecule has 0 saturated heterocycles. The molecule has 1 aromatic carbocycles. The van der Waals surface area contributed by atoms with E-state index in [0.29, 0.717) is 5.41 Å². The van der Waals surface area contributed by atoms with E-state index in [2.05, 4.69) is 62.2 Å². The number of anilines is 1. The first-order valence-corrected chi connectivity index (χ1v) is 8.61. The fourth-order valence-electron chi connectivity index (χ4n) is 3.77. The molecule has 1 heterocycles. The van der Waals surface area contributed by atoms with Crippen LogP contribution in [0.1, 0.15) is 46.1 Å². The van der Waals surface area contributed by atoms with Gasteiger partial charge in [-0.3, -0.25) is 0 Å². The van der Waals surface area contributed by atoms with Crippen LogP contribution in [0.3, 0.4) is 0 Å². The quantitative estimate of drug-likeness (QED) is 0.812. The minimum Gasteiger partial charge on any atom is -0.370 e. The largest absolute Gasteiger partial charge is 0.370 e. The Morgan fingerprint density at radius 3 is 2.76 bits per heavy atom. The summed E-state index contributed by atoms with van der Waals surface area (Å²) in [5, 5.41) is 3.57. The summed E-state index contributed by atoms with van der Waals surface area (Å²) in [6.45, 7) is 13.9. The third kappa shape index (κ3) is 4.23. The van der Waals surface area contributed by atoms with E-state index in [1.54, 1.807) is 0 Å². The Hall–Kier alpha value is -1.02. The molecule has 21 heavy (non-hydrogen) atoms. The van der Waals surface area contributed by atoms with Gasteiger partial charge in [0.25, 0.3) is 0 Å². The van der Waals surface area contributed by atoms with Crippen molar-refractivity contribution in [2.24, 2.45) is 11.3 Å². The summed E-state index contributed by atoms with van der Waals surface area (Å²) in [7, 11) is 0. The second kappa shape index (κ2) is 7.31. The van der Waals surface area contributed by atoms with Gasteiger partial charge in [-0.2, -0.15) is 0 Å². The van der Waals surface area contributed by atoms with Crippen LogP contribution in [0.4, 0.5) is 5.69 Å². The number of nitrogens with one attached hydrogen (secondary N) is 1. The molecule has 0 aliphatic carbocycles. The summed E-state index contributed by atoms with van der Waals surface area (Å²) in [6.07, 6.45) is 3.77. The number of rotatable bonds is 7. The molecule has 0 radical (unpaired) electrons. The molecule has 2 unspecified atom stereocenters. The molecule has 2 atom stereocenters. The van der Waals surface area contributed by atoms with Gasteiger partial charge in [0.1, 0.15) is 0 Å². The van der Waals surface area contributed by atoms with Crippen molar-refractivity contribution in [2.45, 2.75) is 47.0 Å². The number of benzene rings is 1. The molecule has 1 aromatic rings. The predicted molar refractivity (Wildman–Crippen MR) is 93.1 cm³/mol. The lowest BCUT2D eigenvalue weighted by Gasteiger charge is -2.41. The number of hydrogen-bond acceptors (Lipinski definition) is 2. The van der Waals surface area contributed by atoms with Gasteiger partial charge in [0.2, 0.25) is 0 Å². The topological polar surface area (TPSA) is 15.3 Å². The van der Waals surface area contributed by atoms with E-state index in [9.17, 15) is 0 Å². The summed E-state index contributed by atoms with van der Waals surface area (Å²) in [6, 6.07) is 8.97. The van der Waals surface area contributed by atoms with Crippen LogP contribution < -0.4 is 10.2 Å². The van der Waals surface area contributed by atoms with Crippen molar-refractivity contribution in [1.82, 2.24) is 5.32 Å². The third-order valence-electron chi connectivity index (χ3n) is 4.66. The molecular formula is C19H32N2. The Bertz CT molecular complexity index is 443. The molecular weight excluding hydrogens is 256 g/mol. The molecule has 0 fully saturated rings. The van der Waals surface area contributed by atoms with Crippen molar-refractivity contribution < 1.29 is 0 Å². The van der Waals surface area contributed by atoms with Gasteiger partial charge in [-0.15, -0.1) is 0 Å². The lowest BCUT2D eigenvalue weighted by atomic mass is 9.83. The van der Waals surface area contributed by atoms with Gasteiger partial charge in [-0.05, 0) is 42.3 Å². The first kappa shape index (κ1) is 16.4. The normalized spacial score (nSPS) is 21.0. The van der Waals surface area contributed by atoms with Gasteiger partial charge in [0.15, 0.2) is 0 Å². The van der Waals surface area contributed by atoms with Crippen LogP contribution in [0.5, 0.6) is 0 Å². The van der Waals surface area contributed by atoms with E-state index in [1.807, 2.05) is 0 Å². The van der Waals surface area contributed by atoms with Crippen LogP contribution in [0.15, 0.2) is 24.3 Å². The van der Waals surface area contributed by atoms with Crippen molar-refractivity contribution in [1.29, 1.82) is 0 Å². The van der Waals surface area contributed by atoms with Crippen LogP contribution in [-0.4, -0.2) is 26.2 Å². The van der Waals surface area contributed by atoms with Crippen LogP contribution in [-0.2, 0) is 6.42 Å². The number of hydrogen-bond donors (Lipinski definition) is 1.